The Balaban J connectivity index is 1.50. The second-order valence-corrected chi connectivity index (χ2v) is 5.88. The van der Waals surface area contributed by atoms with Crippen LogP contribution in [0, 0.1) is 0 Å². The Labute approximate surface area is 150 Å². The van der Waals surface area contributed by atoms with Gasteiger partial charge >= 0.3 is 0 Å². The van der Waals surface area contributed by atoms with Gasteiger partial charge < -0.3 is 9.73 Å². The number of hydrogen-bond donors (Lipinski definition) is 1. The van der Waals surface area contributed by atoms with E-state index < -0.39 is 0 Å². The molecule has 1 N–H and O–H groups in total. The number of pyridine rings is 1. The van der Waals surface area contributed by atoms with Crippen molar-refractivity contribution < 1.29 is 9.21 Å². The van der Waals surface area contributed by atoms with Gasteiger partial charge in [0.25, 0.3) is 0 Å². The number of nitrogens with zero attached hydrogens (tertiary/aromatic N) is 3. The number of hydrogen-bond acceptors (Lipinski definition) is 4. The predicted molar refractivity (Wildman–Crippen MR) is 99.5 cm³/mol. The summed E-state index contributed by atoms with van der Waals surface area (Å²) >= 11 is 0. The Kier molecular flexibility index (Phi) is 4.23. The average Bonchev–Trinajstić information content (AvgIpc) is 3.25. The molecule has 0 aliphatic rings. The van der Waals surface area contributed by atoms with Gasteiger partial charge in [0.05, 0.1) is 6.54 Å². The first-order chi connectivity index (χ1) is 12.8. The molecular weight excluding hydrogens is 328 g/mol. The van der Waals surface area contributed by atoms with E-state index in [4.69, 9.17) is 4.42 Å². The van der Waals surface area contributed by atoms with E-state index in [9.17, 15) is 4.79 Å². The van der Waals surface area contributed by atoms with Crippen LogP contribution in [-0.4, -0.2) is 20.5 Å². The molecule has 0 fully saturated rings. The van der Waals surface area contributed by atoms with Crippen LogP contribution in [0.4, 0.5) is 0 Å². The number of benzene rings is 1. The van der Waals surface area contributed by atoms with Gasteiger partial charge in [0.15, 0.2) is 11.5 Å². The fraction of sp³-hybridized carbons (Fsp3) is 0.150. The molecule has 1 aromatic carbocycles. The molecule has 6 heteroatoms. The molecule has 0 aliphatic carbocycles. The first-order valence-electron chi connectivity index (χ1n) is 8.51. The van der Waals surface area contributed by atoms with Crippen LogP contribution in [0.2, 0.25) is 0 Å². The number of carbonyl (C=O) groups is 1. The SMILES string of the molecule is CCc1oc2ccccc2c1C=CC(=O)NCc1nnc2ccccn12. The highest BCUT2D eigenvalue weighted by atomic mass is 16.3. The smallest absolute Gasteiger partial charge is 0.244 e. The summed E-state index contributed by atoms with van der Waals surface area (Å²) in [5, 5.41) is 12.0. The van der Waals surface area contributed by atoms with Crippen molar-refractivity contribution in [2.24, 2.45) is 0 Å². The zero-order valence-corrected chi connectivity index (χ0v) is 14.3. The lowest BCUT2D eigenvalue weighted by Crippen LogP contribution is -2.21. The van der Waals surface area contributed by atoms with Crippen molar-refractivity contribution in [3.05, 3.63) is 71.9 Å². The third-order valence-corrected chi connectivity index (χ3v) is 4.24. The van der Waals surface area contributed by atoms with Crippen molar-refractivity contribution in [1.82, 2.24) is 19.9 Å². The summed E-state index contributed by atoms with van der Waals surface area (Å²) in [6.45, 7) is 2.34. The third kappa shape index (κ3) is 2.97. The molecule has 3 heterocycles. The molecule has 0 spiro atoms. The summed E-state index contributed by atoms with van der Waals surface area (Å²) < 4.78 is 7.69. The van der Waals surface area contributed by atoms with E-state index in [-0.39, 0.29) is 5.91 Å². The van der Waals surface area contributed by atoms with Crippen molar-refractivity contribution in [3.8, 4) is 0 Å². The number of amides is 1. The van der Waals surface area contributed by atoms with Crippen LogP contribution in [0.25, 0.3) is 22.7 Å². The van der Waals surface area contributed by atoms with Crippen molar-refractivity contribution in [1.29, 1.82) is 0 Å². The largest absolute Gasteiger partial charge is 0.460 e. The van der Waals surface area contributed by atoms with Crippen LogP contribution >= 0.6 is 0 Å². The molecule has 3 aromatic heterocycles. The summed E-state index contributed by atoms with van der Waals surface area (Å²) in [6, 6.07) is 13.5. The highest BCUT2D eigenvalue weighted by molar-refractivity contribution is 5.96. The third-order valence-electron chi connectivity index (χ3n) is 4.24. The van der Waals surface area contributed by atoms with Crippen LogP contribution in [0.1, 0.15) is 24.1 Å². The van der Waals surface area contributed by atoms with Crippen LogP contribution in [0.3, 0.4) is 0 Å². The van der Waals surface area contributed by atoms with Gasteiger partial charge in [-0.15, -0.1) is 10.2 Å². The molecule has 4 aromatic rings. The van der Waals surface area contributed by atoms with E-state index in [0.717, 1.165) is 34.4 Å². The molecule has 0 aliphatic heterocycles. The second kappa shape index (κ2) is 6.84. The predicted octanol–water partition coefficient (Wildman–Crippen LogP) is 3.37. The van der Waals surface area contributed by atoms with E-state index >= 15 is 0 Å². The lowest BCUT2D eigenvalue weighted by Gasteiger charge is -2.01. The number of furan rings is 1. The van der Waals surface area contributed by atoms with Crippen molar-refractivity contribution in [3.63, 3.8) is 0 Å². The van der Waals surface area contributed by atoms with Gasteiger partial charge in [-0.3, -0.25) is 9.20 Å². The monoisotopic (exact) mass is 346 g/mol. The van der Waals surface area contributed by atoms with E-state index in [1.165, 1.54) is 6.08 Å². The minimum atomic E-state index is -0.190. The number of para-hydroxylation sites is 1. The maximum Gasteiger partial charge on any atom is 0.244 e. The first-order valence-corrected chi connectivity index (χ1v) is 8.51. The first kappa shape index (κ1) is 16.1. The fourth-order valence-electron chi connectivity index (χ4n) is 2.96. The number of fused-ring (bicyclic) bond motifs is 2. The highest BCUT2D eigenvalue weighted by Gasteiger charge is 2.10. The van der Waals surface area contributed by atoms with Crippen molar-refractivity contribution in [2.75, 3.05) is 0 Å². The number of carbonyl (C=O) groups excluding carboxylic acids is 1. The van der Waals surface area contributed by atoms with Gasteiger partial charge in [0, 0.05) is 29.6 Å². The zero-order chi connectivity index (χ0) is 17.9. The van der Waals surface area contributed by atoms with Gasteiger partial charge in [-0.1, -0.05) is 31.2 Å². The summed E-state index contributed by atoms with van der Waals surface area (Å²) in [7, 11) is 0. The highest BCUT2D eigenvalue weighted by Crippen LogP contribution is 2.27. The Morgan fingerprint density at radius 3 is 2.92 bits per heavy atom. The van der Waals surface area contributed by atoms with Gasteiger partial charge in [-0.2, -0.15) is 0 Å². The number of rotatable bonds is 5. The van der Waals surface area contributed by atoms with Gasteiger partial charge in [-0.05, 0) is 24.3 Å². The normalized spacial score (nSPS) is 11.6. The summed E-state index contributed by atoms with van der Waals surface area (Å²) in [5.41, 5.74) is 2.54. The fourth-order valence-corrected chi connectivity index (χ4v) is 2.96. The van der Waals surface area contributed by atoms with Crippen molar-refractivity contribution >= 4 is 28.6 Å². The molecule has 26 heavy (non-hydrogen) atoms. The summed E-state index contributed by atoms with van der Waals surface area (Å²) in [6.07, 6.45) is 5.97. The van der Waals surface area contributed by atoms with Crippen molar-refractivity contribution in [2.45, 2.75) is 19.9 Å². The molecule has 0 radical (unpaired) electrons. The number of nitrogens with one attached hydrogen (secondary N) is 1. The van der Waals surface area contributed by atoms with Crippen LogP contribution < -0.4 is 5.32 Å². The molecule has 0 saturated carbocycles. The Morgan fingerprint density at radius 2 is 2.04 bits per heavy atom. The lowest BCUT2D eigenvalue weighted by atomic mass is 10.1. The van der Waals surface area contributed by atoms with Crippen LogP contribution in [0.5, 0.6) is 0 Å². The maximum absolute atomic E-state index is 12.2. The van der Waals surface area contributed by atoms with Gasteiger partial charge in [0.1, 0.15) is 11.3 Å². The molecule has 0 saturated heterocycles. The van der Waals surface area contributed by atoms with E-state index in [0.29, 0.717) is 12.4 Å². The van der Waals surface area contributed by atoms with Gasteiger partial charge in [-0.25, -0.2) is 0 Å². The second-order valence-electron chi connectivity index (χ2n) is 5.88. The Morgan fingerprint density at radius 1 is 1.19 bits per heavy atom. The van der Waals surface area contributed by atoms with E-state index in [1.54, 1.807) is 0 Å². The summed E-state index contributed by atoms with van der Waals surface area (Å²) in [4.78, 5) is 12.2. The molecule has 1 amide bonds. The van der Waals surface area contributed by atoms with E-state index in [1.807, 2.05) is 66.1 Å². The topological polar surface area (TPSA) is 72.4 Å². The molecule has 0 atom stereocenters. The lowest BCUT2D eigenvalue weighted by molar-refractivity contribution is -0.116. The minimum absolute atomic E-state index is 0.190. The molecule has 130 valence electrons. The molecular formula is C20H18N4O2. The van der Waals surface area contributed by atoms with Gasteiger partial charge in [0.2, 0.25) is 5.91 Å². The summed E-state index contributed by atoms with van der Waals surface area (Å²) in [5.74, 6) is 1.37. The Bertz CT molecular complexity index is 1110. The van der Waals surface area contributed by atoms with Crippen LogP contribution in [0.15, 0.2) is 59.2 Å². The number of aromatic nitrogens is 3. The molecule has 4 rings (SSSR count). The number of aryl methyl sites for hydroxylation is 1. The molecule has 0 unspecified atom stereocenters. The maximum atomic E-state index is 12.2. The molecule has 6 nitrogen and oxygen atoms in total. The molecule has 0 bridgehead atoms. The zero-order valence-electron chi connectivity index (χ0n) is 14.3. The quantitative estimate of drug-likeness (QED) is 0.562. The van der Waals surface area contributed by atoms with Crippen LogP contribution in [-0.2, 0) is 17.8 Å². The minimum Gasteiger partial charge on any atom is -0.460 e. The average molecular weight is 346 g/mol. The van der Waals surface area contributed by atoms with E-state index in [2.05, 4.69) is 15.5 Å². The Hall–Kier alpha value is -3.41. The standard InChI is InChI=1S/C20H18N4O2/c1-2-16-15(14-7-3-4-8-17(14)26-16)10-11-20(25)21-13-19-23-22-18-9-5-6-12-24(18)19/h3-12H,2,13H2,1H3,(H,21,25).